The Balaban J connectivity index is 1.43. The monoisotopic (exact) mass is 343 g/mol. The molecule has 3 heterocycles. The average Bonchev–Trinajstić information content (AvgIpc) is 3.09. The minimum atomic E-state index is -0.363. The molecule has 7 nitrogen and oxygen atoms in total. The van der Waals surface area contributed by atoms with Crippen LogP contribution in [-0.4, -0.2) is 47.3 Å². The molecular formula is C18H21N3O4. The molecule has 2 aliphatic rings. The van der Waals surface area contributed by atoms with Gasteiger partial charge >= 0.3 is 0 Å². The molecule has 1 fully saturated rings. The molecule has 2 aliphatic heterocycles. The summed E-state index contributed by atoms with van der Waals surface area (Å²) in [6, 6.07) is 8.18. The summed E-state index contributed by atoms with van der Waals surface area (Å²) in [6.45, 7) is 3.84. The van der Waals surface area contributed by atoms with E-state index in [0.717, 1.165) is 12.0 Å². The molecule has 1 aromatic carbocycles. The maximum atomic E-state index is 12.8. The van der Waals surface area contributed by atoms with Gasteiger partial charge in [0, 0.05) is 13.5 Å². The summed E-state index contributed by atoms with van der Waals surface area (Å²) in [5.41, 5.74) is 2.40. The number of hydrogen-bond acceptors (Lipinski definition) is 6. The normalized spacial score (nSPS) is 23.3. The first-order chi connectivity index (χ1) is 12.2. The topological polar surface area (TPSA) is 77.7 Å². The van der Waals surface area contributed by atoms with Gasteiger partial charge in [0.2, 0.25) is 17.7 Å². The van der Waals surface area contributed by atoms with Gasteiger partial charge in [0.15, 0.2) is 6.10 Å². The van der Waals surface area contributed by atoms with Crippen molar-refractivity contribution in [3.8, 4) is 0 Å². The first-order valence-corrected chi connectivity index (χ1v) is 8.59. The van der Waals surface area contributed by atoms with Crippen LogP contribution in [0.2, 0.25) is 0 Å². The first kappa shape index (κ1) is 16.2. The molecule has 132 valence electrons. The number of aryl methyl sites for hydroxylation is 1. The smallest absolute Gasteiger partial charge is 0.246 e. The lowest BCUT2D eigenvalue weighted by Crippen LogP contribution is -2.43. The van der Waals surface area contributed by atoms with E-state index >= 15 is 0 Å². The minimum Gasteiger partial charge on any atom is -0.423 e. The van der Waals surface area contributed by atoms with Crippen LogP contribution in [-0.2, 0) is 20.7 Å². The zero-order chi connectivity index (χ0) is 17.2. The summed E-state index contributed by atoms with van der Waals surface area (Å²) >= 11 is 0. The number of carbonyl (C=O) groups excluding carboxylic acids is 1. The number of carbonyl (C=O) groups is 1. The summed E-state index contributed by atoms with van der Waals surface area (Å²) < 4.78 is 17.0. The molecule has 4 rings (SSSR count). The number of aromatic nitrogens is 2. The standard InChI is InChI=1S/C18H21N3O4/c1-12-19-20-18(25-12)16-11-21(7-9-24-16)17(22)10-15-14-5-3-2-4-13(14)6-8-23-15/h2-5,15-16H,6-11H2,1H3/t15-,16-/m0/s1. The van der Waals surface area contributed by atoms with E-state index in [4.69, 9.17) is 13.9 Å². The van der Waals surface area contributed by atoms with Crippen LogP contribution < -0.4 is 0 Å². The number of benzene rings is 1. The number of amides is 1. The zero-order valence-corrected chi connectivity index (χ0v) is 14.2. The van der Waals surface area contributed by atoms with Crippen molar-refractivity contribution >= 4 is 5.91 Å². The summed E-state index contributed by atoms with van der Waals surface area (Å²) in [4.78, 5) is 14.6. The van der Waals surface area contributed by atoms with Gasteiger partial charge in [0.05, 0.1) is 32.3 Å². The molecule has 0 radical (unpaired) electrons. The quantitative estimate of drug-likeness (QED) is 0.848. The summed E-state index contributed by atoms with van der Waals surface area (Å²) in [5, 5.41) is 7.83. The van der Waals surface area contributed by atoms with Crippen molar-refractivity contribution in [3.05, 3.63) is 47.2 Å². The highest BCUT2D eigenvalue weighted by molar-refractivity contribution is 5.77. The maximum absolute atomic E-state index is 12.8. The van der Waals surface area contributed by atoms with E-state index in [0.29, 0.717) is 44.5 Å². The van der Waals surface area contributed by atoms with Crippen LogP contribution in [0.15, 0.2) is 28.7 Å². The predicted octanol–water partition coefficient (Wildman–Crippen LogP) is 1.98. The van der Waals surface area contributed by atoms with Crippen LogP contribution >= 0.6 is 0 Å². The molecule has 0 aliphatic carbocycles. The summed E-state index contributed by atoms with van der Waals surface area (Å²) in [7, 11) is 0. The summed E-state index contributed by atoms with van der Waals surface area (Å²) in [5.74, 6) is 0.981. The molecule has 1 aromatic heterocycles. The van der Waals surface area contributed by atoms with Crippen molar-refractivity contribution in [2.24, 2.45) is 0 Å². The van der Waals surface area contributed by atoms with Gasteiger partial charge in [0.25, 0.3) is 0 Å². The fourth-order valence-corrected chi connectivity index (χ4v) is 3.40. The van der Waals surface area contributed by atoms with Gasteiger partial charge in [-0.15, -0.1) is 10.2 Å². The molecule has 0 N–H and O–H groups in total. The summed E-state index contributed by atoms with van der Waals surface area (Å²) in [6.07, 6.45) is 0.701. The number of ether oxygens (including phenoxy) is 2. The number of nitrogens with zero attached hydrogens (tertiary/aromatic N) is 3. The number of rotatable bonds is 3. The van der Waals surface area contributed by atoms with Crippen LogP contribution in [0.25, 0.3) is 0 Å². The zero-order valence-electron chi connectivity index (χ0n) is 14.2. The Labute approximate surface area is 145 Å². The van der Waals surface area contributed by atoms with E-state index in [9.17, 15) is 4.79 Å². The molecule has 2 atom stereocenters. The van der Waals surface area contributed by atoms with E-state index in [-0.39, 0.29) is 18.1 Å². The van der Waals surface area contributed by atoms with Gasteiger partial charge in [-0.05, 0) is 17.5 Å². The highest BCUT2D eigenvalue weighted by Crippen LogP contribution is 2.31. The van der Waals surface area contributed by atoms with Gasteiger partial charge < -0.3 is 18.8 Å². The van der Waals surface area contributed by atoms with E-state index in [1.54, 1.807) is 11.8 Å². The lowest BCUT2D eigenvalue weighted by atomic mass is 9.95. The van der Waals surface area contributed by atoms with E-state index in [2.05, 4.69) is 22.3 Å². The fraction of sp³-hybridized carbons (Fsp3) is 0.500. The Morgan fingerprint density at radius 3 is 2.96 bits per heavy atom. The van der Waals surface area contributed by atoms with Crippen LogP contribution in [0.1, 0.15) is 41.5 Å². The Kier molecular flexibility index (Phi) is 4.50. The highest BCUT2D eigenvalue weighted by atomic mass is 16.5. The van der Waals surface area contributed by atoms with Crippen LogP contribution in [0, 0.1) is 6.92 Å². The minimum absolute atomic E-state index is 0.0613. The van der Waals surface area contributed by atoms with Gasteiger partial charge in [-0.2, -0.15) is 0 Å². The molecule has 0 unspecified atom stereocenters. The Morgan fingerprint density at radius 2 is 2.12 bits per heavy atom. The maximum Gasteiger partial charge on any atom is 0.246 e. The van der Waals surface area contributed by atoms with Crippen molar-refractivity contribution in [2.45, 2.75) is 32.0 Å². The Hall–Kier alpha value is -2.25. The number of morpholine rings is 1. The molecular weight excluding hydrogens is 322 g/mol. The van der Waals surface area contributed by atoms with E-state index in [1.165, 1.54) is 5.56 Å². The van der Waals surface area contributed by atoms with Crippen molar-refractivity contribution in [3.63, 3.8) is 0 Å². The van der Waals surface area contributed by atoms with Crippen molar-refractivity contribution in [1.29, 1.82) is 0 Å². The third kappa shape index (κ3) is 3.43. The second-order valence-electron chi connectivity index (χ2n) is 6.37. The van der Waals surface area contributed by atoms with Gasteiger partial charge in [-0.3, -0.25) is 4.79 Å². The van der Waals surface area contributed by atoms with Crippen LogP contribution in [0.3, 0.4) is 0 Å². The second-order valence-corrected chi connectivity index (χ2v) is 6.37. The van der Waals surface area contributed by atoms with Crippen LogP contribution in [0.4, 0.5) is 0 Å². The molecule has 1 saturated heterocycles. The van der Waals surface area contributed by atoms with Crippen LogP contribution in [0.5, 0.6) is 0 Å². The first-order valence-electron chi connectivity index (χ1n) is 8.59. The fourth-order valence-electron chi connectivity index (χ4n) is 3.40. The molecule has 0 saturated carbocycles. The van der Waals surface area contributed by atoms with E-state index in [1.807, 2.05) is 12.1 Å². The lowest BCUT2D eigenvalue weighted by Gasteiger charge is -2.33. The predicted molar refractivity (Wildman–Crippen MR) is 87.8 cm³/mol. The molecule has 0 bridgehead atoms. The van der Waals surface area contributed by atoms with Crippen molar-refractivity contribution in [1.82, 2.24) is 15.1 Å². The van der Waals surface area contributed by atoms with Gasteiger partial charge in [-0.1, -0.05) is 24.3 Å². The second kappa shape index (κ2) is 6.93. The van der Waals surface area contributed by atoms with Gasteiger partial charge in [-0.25, -0.2) is 0 Å². The Morgan fingerprint density at radius 1 is 1.24 bits per heavy atom. The third-order valence-electron chi connectivity index (χ3n) is 4.69. The molecule has 1 amide bonds. The third-order valence-corrected chi connectivity index (χ3v) is 4.69. The molecule has 0 spiro atoms. The van der Waals surface area contributed by atoms with Crippen molar-refractivity contribution < 1.29 is 18.7 Å². The Bertz CT molecular complexity index is 760. The van der Waals surface area contributed by atoms with E-state index < -0.39 is 0 Å². The lowest BCUT2D eigenvalue weighted by molar-refractivity contribution is -0.143. The number of hydrogen-bond donors (Lipinski definition) is 0. The largest absolute Gasteiger partial charge is 0.423 e. The average molecular weight is 343 g/mol. The molecule has 25 heavy (non-hydrogen) atoms. The molecule has 7 heteroatoms. The van der Waals surface area contributed by atoms with Crippen molar-refractivity contribution in [2.75, 3.05) is 26.3 Å². The highest BCUT2D eigenvalue weighted by Gasteiger charge is 2.31. The SMILES string of the molecule is Cc1nnc([C@@H]2CN(C(=O)C[C@@H]3OCCc4ccccc43)CCO2)o1. The number of fused-ring (bicyclic) bond motifs is 1. The molecule has 2 aromatic rings. The van der Waals surface area contributed by atoms with Gasteiger partial charge in [0.1, 0.15) is 0 Å².